The van der Waals surface area contributed by atoms with Crippen molar-refractivity contribution >= 4 is 55.9 Å². The number of halogens is 1. The molecule has 0 bridgehead atoms. The molecule has 1 aromatic carbocycles. The minimum Gasteiger partial charge on any atom is -0.495 e. The number of ether oxygens (including phenoxy) is 1. The van der Waals surface area contributed by atoms with Crippen molar-refractivity contribution in [1.82, 2.24) is 0 Å². The highest BCUT2D eigenvalue weighted by atomic mass is 35.5. The number of amidine groups is 1. The van der Waals surface area contributed by atoms with Crippen molar-refractivity contribution in [2.24, 2.45) is 4.99 Å². The number of carbonyl (C=O) groups is 2. The molecule has 0 aromatic heterocycles. The van der Waals surface area contributed by atoms with Gasteiger partial charge in [0.05, 0.1) is 36.1 Å². The number of hydrogen-bond acceptors (Lipinski definition) is 6. The fourth-order valence-electron chi connectivity index (χ4n) is 3.05. The number of carboxylic acid groups (broad SMARTS) is 1. The van der Waals surface area contributed by atoms with Crippen molar-refractivity contribution in [3.05, 3.63) is 23.2 Å². The molecule has 0 radical (unpaired) electrons. The first kappa shape index (κ1) is 20.0. The second-order valence-electron chi connectivity index (χ2n) is 6.17. The highest BCUT2D eigenvalue weighted by Crippen LogP contribution is 2.42. The van der Waals surface area contributed by atoms with Crippen molar-refractivity contribution < 1.29 is 27.9 Å². The molecular weight excluding hydrogens is 416 g/mol. The minimum absolute atomic E-state index is 0.00502. The van der Waals surface area contributed by atoms with E-state index in [2.05, 4.69) is 4.99 Å². The third kappa shape index (κ3) is 4.39. The summed E-state index contributed by atoms with van der Waals surface area (Å²) < 4.78 is 29.2. The van der Waals surface area contributed by atoms with E-state index in [1.807, 2.05) is 0 Å². The van der Waals surface area contributed by atoms with Crippen LogP contribution in [0.2, 0.25) is 5.02 Å². The van der Waals surface area contributed by atoms with Gasteiger partial charge >= 0.3 is 5.97 Å². The number of aliphatic imine (C=N–C) groups is 1. The molecule has 2 aliphatic rings. The van der Waals surface area contributed by atoms with E-state index in [-0.39, 0.29) is 35.6 Å². The SMILES string of the molecule is COc1ccc(N2C(=NC(=O)CCC(=O)O)SC3CS(=O)(=O)CC32)cc1Cl. The van der Waals surface area contributed by atoms with Gasteiger partial charge in [0.25, 0.3) is 0 Å². The Labute approximate surface area is 165 Å². The summed E-state index contributed by atoms with van der Waals surface area (Å²) in [5, 5.41) is 9.17. The summed E-state index contributed by atoms with van der Waals surface area (Å²) in [6.45, 7) is 0. The maximum atomic E-state index is 12.0. The van der Waals surface area contributed by atoms with E-state index in [9.17, 15) is 18.0 Å². The zero-order valence-electron chi connectivity index (χ0n) is 14.3. The average molecular weight is 433 g/mol. The number of aliphatic carboxylic acids is 1. The molecule has 11 heteroatoms. The summed E-state index contributed by atoms with van der Waals surface area (Å²) in [5.41, 5.74) is 0.600. The molecule has 2 atom stereocenters. The number of anilines is 1. The van der Waals surface area contributed by atoms with Crippen molar-refractivity contribution in [1.29, 1.82) is 0 Å². The summed E-state index contributed by atoms with van der Waals surface area (Å²) in [6.07, 6.45) is -0.528. The Morgan fingerprint density at radius 1 is 1.37 bits per heavy atom. The second kappa shape index (κ2) is 7.69. The van der Waals surface area contributed by atoms with Gasteiger partial charge in [-0.25, -0.2) is 8.42 Å². The molecular formula is C16H17ClN2O6S2. The zero-order valence-corrected chi connectivity index (χ0v) is 16.7. The first-order valence-corrected chi connectivity index (χ1v) is 11.1. The maximum Gasteiger partial charge on any atom is 0.303 e. The number of amides is 1. The molecule has 0 aliphatic carbocycles. The number of hydrogen-bond donors (Lipinski definition) is 1. The second-order valence-corrected chi connectivity index (χ2v) is 9.94. The number of benzene rings is 1. The molecule has 146 valence electrons. The van der Waals surface area contributed by atoms with Gasteiger partial charge in [-0.3, -0.25) is 9.59 Å². The van der Waals surface area contributed by atoms with Gasteiger partial charge in [-0.1, -0.05) is 23.4 Å². The van der Waals surface area contributed by atoms with Crippen LogP contribution < -0.4 is 9.64 Å². The third-order valence-electron chi connectivity index (χ3n) is 4.25. The van der Waals surface area contributed by atoms with Crippen LogP contribution in [0.4, 0.5) is 5.69 Å². The summed E-state index contributed by atoms with van der Waals surface area (Å²) in [6, 6.07) is 4.64. The number of sulfone groups is 1. The molecule has 8 nitrogen and oxygen atoms in total. The number of carboxylic acids is 1. The number of thioether (sulfide) groups is 1. The van der Waals surface area contributed by atoms with Crippen LogP contribution >= 0.6 is 23.4 Å². The molecule has 2 aliphatic heterocycles. The molecule has 0 spiro atoms. The Kier molecular flexibility index (Phi) is 5.68. The van der Waals surface area contributed by atoms with E-state index in [1.165, 1.54) is 18.9 Å². The van der Waals surface area contributed by atoms with Crippen LogP contribution in [0.1, 0.15) is 12.8 Å². The van der Waals surface area contributed by atoms with Crippen LogP contribution in [0, 0.1) is 0 Å². The highest BCUT2D eigenvalue weighted by molar-refractivity contribution is 8.16. The lowest BCUT2D eigenvalue weighted by molar-refractivity contribution is -0.138. The molecule has 3 rings (SSSR count). The van der Waals surface area contributed by atoms with Crippen LogP contribution in [0.25, 0.3) is 0 Å². The van der Waals surface area contributed by atoms with Crippen molar-refractivity contribution in [2.75, 3.05) is 23.5 Å². The monoisotopic (exact) mass is 432 g/mol. The fourth-order valence-corrected chi connectivity index (χ4v) is 7.23. The molecule has 0 saturated carbocycles. The third-order valence-corrected chi connectivity index (χ3v) is 7.76. The Balaban J connectivity index is 1.94. The largest absolute Gasteiger partial charge is 0.495 e. The molecule has 1 aromatic rings. The summed E-state index contributed by atoms with van der Waals surface area (Å²) in [4.78, 5) is 28.4. The maximum absolute atomic E-state index is 12.0. The topological polar surface area (TPSA) is 113 Å². The van der Waals surface area contributed by atoms with Crippen molar-refractivity contribution in [3.8, 4) is 5.75 Å². The lowest BCUT2D eigenvalue weighted by Crippen LogP contribution is -2.37. The van der Waals surface area contributed by atoms with Crippen molar-refractivity contribution in [2.45, 2.75) is 24.1 Å². The number of carbonyl (C=O) groups excluding carboxylic acids is 1. The average Bonchev–Trinajstić information content (AvgIpc) is 3.03. The summed E-state index contributed by atoms with van der Waals surface area (Å²) >= 11 is 7.42. The molecule has 2 fully saturated rings. The number of methoxy groups -OCH3 is 1. The van der Waals surface area contributed by atoms with E-state index in [1.54, 1.807) is 23.1 Å². The predicted octanol–water partition coefficient (Wildman–Crippen LogP) is 1.81. The van der Waals surface area contributed by atoms with Crippen LogP contribution in [-0.4, -0.2) is 60.5 Å². The van der Waals surface area contributed by atoms with Gasteiger partial charge in [0.15, 0.2) is 15.0 Å². The normalized spacial score (nSPS) is 24.8. The van der Waals surface area contributed by atoms with Gasteiger partial charge in [-0.2, -0.15) is 4.99 Å². The number of nitrogens with zero attached hydrogens (tertiary/aromatic N) is 2. The lowest BCUT2D eigenvalue weighted by atomic mass is 10.2. The van der Waals surface area contributed by atoms with Gasteiger partial charge in [0, 0.05) is 17.4 Å². The van der Waals surface area contributed by atoms with E-state index in [0.29, 0.717) is 21.6 Å². The standard InChI is InChI=1S/C16H17ClN2O6S2/c1-25-12-3-2-9(6-10(12)17)19-11-7-27(23,24)8-13(11)26-16(19)18-14(20)4-5-15(21)22/h2-3,6,11,13H,4-5,7-8H2,1H3,(H,21,22). The smallest absolute Gasteiger partial charge is 0.303 e. The molecule has 2 heterocycles. The minimum atomic E-state index is -3.18. The number of fused-ring (bicyclic) bond motifs is 1. The fraction of sp³-hybridized carbons (Fsp3) is 0.438. The van der Waals surface area contributed by atoms with E-state index in [4.69, 9.17) is 21.4 Å². The Morgan fingerprint density at radius 2 is 2.11 bits per heavy atom. The van der Waals surface area contributed by atoms with Crippen LogP contribution in [-0.2, 0) is 19.4 Å². The van der Waals surface area contributed by atoms with Gasteiger partial charge in [-0.15, -0.1) is 0 Å². The molecule has 2 unspecified atom stereocenters. The van der Waals surface area contributed by atoms with Crippen LogP contribution in [0.3, 0.4) is 0 Å². The van der Waals surface area contributed by atoms with Gasteiger partial charge in [-0.05, 0) is 18.2 Å². The van der Waals surface area contributed by atoms with Crippen molar-refractivity contribution in [3.63, 3.8) is 0 Å². The quantitative estimate of drug-likeness (QED) is 0.749. The van der Waals surface area contributed by atoms with E-state index >= 15 is 0 Å². The highest BCUT2D eigenvalue weighted by Gasteiger charge is 2.49. The molecule has 2 saturated heterocycles. The lowest BCUT2D eigenvalue weighted by Gasteiger charge is -2.25. The first-order valence-electron chi connectivity index (χ1n) is 8.03. The van der Waals surface area contributed by atoms with Crippen LogP contribution in [0.15, 0.2) is 23.2 Å². The van der Waals surface area contributed by atoms with Crippen LogP contribution in [0.5, 0.6) is 5.75 Å². The molecule has 1 N–H and O–H groups in total. The predicted molar refractivity (Wildman–Crippen MR) is 104 cm³/mol. The summed E-state index contributed by atoms with van der Waals surface area (Å²) in [5.74, 6) is -1.21. The Bertz CT molecular complexity index is 917. The first-order chi connectivity index (χ1) is 12.7. The Morgan fingerprint density at radius 3 is 2.74 bits per heavy atom. The van der Waals surface area contributed by atoms with Gasteiger partial charge < -0.3 is 14.7 Å². The van der Waals surface area contributed by atoms with Gasteiger partial charge in [0.1, 0.15) is 5.75 Å². The van der Waals surface area contributed by atoms with Gasteiger partial charge in [0.2, 0.25) is 5.91 Å². The summed E-state index contributed by atoms with van der Waals surface area (Å²) in [7, 11) is -1.69. The number of rotatable bonds is 5. The van der Waals surface area contributed by atoms with E-state index < -0.39 is 21.7 Å². The molecule has 27 heavy (non-hydrogen) atoms. The Hall–Kier alpha value is -1.78. The molecule has 1 amide bonds. The van der Waals surface area contributed by atoms with E-state index in [0.717, 1.165) is 0 Å². The zero-order chi connectivity index (χ0) is 19.8.